The standard InChI is InChI=1S/C8H13N3O2S/c9-7-8(11-2-1-10-7)14-6-5-13-4-3-12/h1-2,12H,3-6H2,(H2,9,10). The predicted molar refractivity (Wildman–Crippen MR) is 55.1 cm³/mol. The highest BCUT2D eigenvalue weighted by Gasteiger charge is 2.00. The van der Waals surface area contributed by atoms with Gasteiger partial charge in [-0.05, 0) is 0 Å². The smallest absolute Gasteiger partial charge is 0.156 e. The number of aromatic nitrogens is 2. The number of ether oxygens (including phenoxy) is 1. The Balaban J connectivity index is 2.21. The lowest BCUT2D eigenvalue weighted by Crippen LogP contribution is -2.03. The van der Waals surface area contributed by atoms with Gasteiger partial charge in [-0.25, -0.2) is 9.97 Å². The van der Waals surface area contributed by atoms with Crippen molar-refractivity contribution in [3.8, 4) is 0 Å². The molecule has 5 nitrogen and oxygen atoms in total. The fourth-order valence-electron chi connectivity index (χ4n) is 0.811. The Morgan fingerprint density at radius 3 is 2.86 bits per heavy atom. The van der Waals surface area contributed by atoms with Gasteiger partial charge in [0, 0.05) is 18.1 Å². The highest BCUT2D eigenvalue weighted by molar-refractivity contribution is 7.99. The third-order valence-corrected chi connectivity index (χ3v) is 2.35. The van der Waals surface area contributed by atoms with Gasteiger partial charge in [-0.15, -0.1) is 11.8 Å². The van der Waals surface area contributed by atoms with E-state index in [1.165, 1.54) is 11.8 Å². The van der Waals surface area contributed by atoms with Gasteiger partial charge in [0.15, 0.2) is 5.82 Å². The van der Waals surface area contributed by atoms with Crippen LogP contribution < -0.4 is 5.73 Å². The maximum absolute atomic E-state index is 8.45. The summed E-state index contributed by atoms with van der Waals surface area (Å²) in [6.45, 7) is 0.996. The van der Waals surface area contributed by atoms with Crippen LogP contribution in [0.25, 0.3) is 0 Å². The molecule has 1 aromatic heterocycles. The molecule has 78 valence electrons. The molecule has 3 N–H and O–H groups in total. The number of rotatable bonds is 6. The first kappa shape index (κ1) is 11.2. The van der Waals surface area contributed by atoms with E-state index in [0.29, 0.717) is 19.0 Å². The molecular weight excluding hydrogens is 202 g/mol. The molecule has 0 radical (unpaired) electrons. The van der Waals surface area contributed by atoms with Gasteiger partial charge >= 0.3 is 0 Å². The van der Waals surface area contributed by atoms with Crippen LogP contribution in [0.3, 0.4) is 0 Å². The Labute approximate surface area is 86.7 Å². The summed E-state index contributed by atoms with van der Waals surface area (Å²) in [5, 5.41) is 9.17. The molecule has 0 spiro atoms. The van der Waals surface area contributed by atoms with Crippen molar-refractivity contribution in [2.75, 3.05) is 31.3 Å². The molecule has 0 aliphatic carbocycles. The van der Waals surface area contributed by atoms with Crippen LogP contribution in [-0.4, -0.2) is 40.6 Å². The van der Waals surface area contributed by atoms with Crippen LogP contribution in [-0.2, 0) is 4.74 Å². The average Bonchev–Trinajstić information content (AvgIpc) is 2.20. The van der Waals surface area contributed by atoms with E-state index in [4.69, 9.17) is 15.6 Å². The molecule has 0 saturated heterocycles. The van der Waals surface area contributed by atoms with E-state index in [-0.39, 0.29) is 6.61 Å². The molecule has 0 aliphatic heterocycles. The summed E-state index contributed by atoms with van der Waals surface area (Å²) in [6.07, 6.45) is 3.16. The molecule has 0 bridgehead atoms. The molecule has 0 aromatic carbocycles. The van der Waals surface area contributed by atoms with Gasteiger partial charge < -0.3 is 15.6 Å². The van der Waals surface area contributed by atoms with Gasteiger partial charge in [-0.1, -0.05) is 0 Å². The quantitative estimate of drug-likeness (QED) is 0.519. The van der Waals surface area contributed by atoms with E-state index >= 15 is 0 Å². The highest BCUT2D eigenvalue weighted by Crippen LogP contribution is 2.18. The zero-order valence-corrected chi connectivity index (χ0v) is 8.54. The van der Waals surface area contributed by atoms with E-state index in [2.05, 4.69) is 9.97 Å². The number of thioether (sulfide) groups is 1. The second-order valence-corrected chi connectivity index (χ2v) is 3.51. The first-order valence-electron chi connectivity index (χ1n) is 4.22. The lowest BCUT2D eigenvalue weighted by molar-refractivity contribution is 0.103. The van der Waals surface area contributed by atoms with Crippen LogP contribution in [0.2, 0.25) is 0 Å². The summed E-state index contributed by atoms with van der Waals surface area (Å²) < 4.78 is 5.08. The van der Waals surface area contributed by atoms with Crippen molar-refractivity contribution in [1.82, 2.24) is 9.97 Å². The molecular formula is C8H13N3O2S. The largest absolute Gasteiger partial charge is 0.394 e. The number of anilines is 1. The van der Waals surface area contributed by atoms with E-state index in [9.17, 15) is 0 Å². The molecule has 0 amide bonds. The topological polar surface area (TPSA) is 81.3 Å². The molecule has 1 heterocycles. The highest BCUT2D eigenvalue weighted by atomic mass is 32.2. The van der Waals surface area contributed by atoms with Crippen molar-refractivity contribution in [3.05, 3.63) is 12.4 Å². The van der Waals surface area contributed by atoms with Crippen molar-refractivity contribution in [1.29, 1.82) is 0 Å². The normalized spacial score (nSPS) is 10.4. The molecule has 0 atom stereocenters. The Morgan fingerprint density at radius 2 is 2.14 bits per heavy atom. The summed E-state index contributed by atoms with van der Waals surface area (Å²) >= 11 is 1.49. The van der Waals surface area contributed by atoms with Gasteiger partial charge in [0.2, 0.25) is 0 Å². The molecule has 0 saturated carbocycles. The zero-order valence-electron chi connectivity index (χ0n) is 7.72. The summed E-state index contributed by atoms with van der Waals surface area (Å²) in [5.74, 6) is 1.20. The summed E-state index contributed by atoms with van der Waals surface area (Å²) in [4.78, 5) is 7.97. The summed E-state index contributed by atoms with van der Waals surface area (Å²) in [5.41, 5.74) is 5.59. The maximum atomic E-state index is 8.45. The van der Waals surface area contributed by atoms with Crippen LogP contribution in [0.5, 0.6) is 0 Å². The van der Waals surface area contributed by atoms with Crippen molar-refractivity contribution in [3.63, 3.8) is 0 Å². The summed E-state index contributed by atoms with van der Waals surface area (Å²) in [6, 6.07) is 0. The maximum Gasteiger partial charge on any atom is 0.156 e. The molecule has 1 aromatic rings. The third kappa shape index (κ3) is 3.91. The lowest BCUT2D eigenvalue weighted by Gasteiger charge is -2.03. The lowest BCUT2D eigenvalue weighted by atomic mass is 10.7. The van der Waals surface area contributed by atoms with Gasteiger partial charge in [0.1, 0.15) is 5.03 Å². The molecule has 14 heavy (non-hydrogen) atoms. The fourth-order valence-corrected chi connectivity index (χ4v) is 1.54. The Hall–Kier alpha value is -0.850. The van der Waals surface area contributed by atoms with Crippen molar-refractivity contribution in [2.45, 2.75) is 5.03 Å². The van der Waals surface area contributed by atoms with E-state index in [1.54, 1.807) is 12.4 Å². The van der Waals surface area contributed by atoms with Gasteiger partial charge in [-0.2, -0.15) is 0 Å². The number of nitrogen functional groups attached to an aromatic ring is 1. The second kappa shape index (κ2) is 6.58. The van der Waals surface area contributed by atoms with Crippen molar-refractivity contribution in [2.24, 2.45) is 0 Å². The number of hydrogen-bond acceptors (Lipinski definition) is 6. The van der Waals surface area contributed by atoms with E-state index < -0.39 is 0 Å². The average molecular weight is 215 g/mol. The first-order valence-corrected chi connectivity index (χ1v) is 5.21. The van der Waals surface area contributed by atoms with Crippen LogP contribution >= 0.6 is 11.8 Å². The van der Waals surface area contributed by atoms with Crippen LogP contribution in [0, 0.1) is 0 Å². The molecule has 0 unspecified atom stereocenters. The second-order valence-electron chi connectivity index (χ2n) is 2.43. The van der Waals surface area contributed by atoms with Crippen molar-refractivity contribution >= 4 is 17.6 Å². The number of nitrogens with zero attached hydrogens (tertiary/aromatic N) is 2. The van der Waals surface area contributed by atoms with Crippen LogP contribution in [0.15, 0.2) is 17.4 Å². The Bertz CT molecular complexity index is 273. The molecule has 6 heteroatoms. The first-order chi connectivity index (χ1) is 6.84. The molecule has 0 aliphatic rings. The third-order valence-electron chi connectivity index (χ3n) is 1.39. The van der Waals surface area contributed by atoms with Gasteiger partial charge in [0.25, 0.3) is 0 Å². The molecule has 0 fully saturated rings. The van der Waals surface area contributed by atoms with Crippen LogP contribution in [0.4, 0.5) is 5.82 Å². The van der Waals surface area contributed by atoms with E-state index in [1.807, 2.05) is 0 Å². The minimum Gasteiger partial charge on any atom is -0.394 e. The fraction of sp³-hybridized carbons (Fsp3) is 0.500. The molecule has 1 rings (SSSR count). The summed E-state index contributed by atoms with van der Waals surface area (Å²) in [7, 11) is 0. The predicted octanol–water partition coefficient (Wildman–Crippen LogP) is 0.160. The number of aliphatic hydroxyl groups is 1. The van der Waals surface area contributed by atoms with Crippen molar-refractivity contribution < 1.29 is 9.84 Å². The Morgan fingerprint density at radius 1 is 1.36 bits per heavy atom. The number of nitrogens with two attached hydrogens (primary N) is 1. The minimum atomic E-state index is 0.0535. The van der Waals surface area contributed by atoms with Crippen LogP contribution in [0.1, 0.15) is 0 Å². The number of aliphatic hydroxyl groups excluding tert-OH is 1. The minimum absolute atomic E-state index is 0.0535. The van der Waals surface area contributed by atoms with Gasteiger partial charge in [-0.3, -0.25) is 0 Å². The van der Waals surface area contributed by atoms with E-state index in [0.717, 1.165) is 10.8 Å². The zero-order chi connectivity index (χ0) is 10.2. The monoisotopic (exact) mass is 215 g/mol. The van der Waals surface area contributed by atoms with Gasteiger partial charge in [0.05, 0.1) is 19.8 Å². The number of hydrogen-bond donors (Lipinski definition) is 2. The Kier molecular flexibility index (Phi) is 5.28. The SMILES string of the molecule is Nc1nccnc1SCCOCCO.